The zero-order valence-electron chi connectivity index (χ0n) is 5.55. The second-order valence-corrected chi connectivity index (χ2v) is 2.24. The standard InChI is InChI=1S/C8H8NO/c1-2-7-6-10-5-3-8(7)9-4-1/h1,3,5,9H,4,6H2. The van der Waals surface area contributed by atoms with E-state index in [1.54, 1.807) is 6.26 Å². The van der Waals surface area contributed by atoms with Gasteiger partial charge in [0, 0.05) is 17.8 Å². The summed E-state index contributed by atoms with van der Waals surface area (Å²) in [7, 11) is 0. The summed E-state index contributed by atoms with van der Waals surface area (Å²) in [5.74, 6) is 0. The Morgan fingerprint density at radius 1 is 1.60 bits per heavy atom. The summed E-state index contributed by atoms with van der Waals surface area (Å²) in [4.78, 5) is 0. The van der Waals surface area contributed by atoms with E-state index in [0.717, 1.165) is 17.8 Å². The van der Waals surface area contributed by atoms with Crippen LogP contribution in [0.15, 0.2) is 29.7 Å². The van der Waals surface area contributed by atoms with E-state index in [9.17, 15) is 0 Å². The Morgan fingerprint density at radius 3 is 3.50 bits per heavy atom. The van der Waals surface area contributed by atoms with Gasteiger partial charge >= 0.3 is 0 Å². The summed E-state index contributed by atoms with van der Waals surface area (Å²) in [5.41, 5.74) is 2.27. The Hall–Kier alpha value is -1.18. The maximum absolute atomic E-state index is 5.08. The molecule has 2 heterocycles. The maximum Gasteiger partial charge on any atom is 0.115 e. The lowest BCUT2D eigenvalue weighted by Gasteiger charge is -2.17. The zero-order valence-corrected chi connectivity index (χ0v) is 5.55. The van der Waals surface area contributed by atoms with E-state index >= 15 is 0 Å². The first kappa shape index (κ1) is 5.59. The highest BCUT2D eigenvalue weighted by molar-refractivity contribution is 5.33. The minimum atomic E-state index is 0.648. The highest BCUT2D eigenvalue weighted by atomic mass is 16.5. The molecule has 51 valence electrons. The summed E-state index contributed by atoms with van der Waals surface area (Å²) in [5, 5.41) is 3.22. The Labute approximate surface area is 59.9 Å². The molecule has 0 saturated heterocycles. The van der Waals surface area contributed by atoms with Crippen molar-refractivity contribution < 1.29 is 4.74 Å². The van der Waals surface area contributed by atoms with E-state index in [2.05, 4.69) is 11.4 Å². The van der Waals surface area contributed by atoms with Crippen LogP contribution in [-0.4, -0.2) is 13.2 Å². The van der Waals surface area contributed by atoms with Crippen LogP contribution in [0, 0.1) is 6.08 Å². The Bertz CT molecular complexity index is 201. The first-order chi connectivity index (χ1) is 4.97. The van der Waals surface area contributed by atoms with Crippen LogP contribution in [0.25, 0.3) is 0 Å². The quantitative estimate of drug-likeness (QED) is 0.527. The number of ether oxygens (including phenoxy) is 1. The van der Waals surface area contributed by atoms with Gasteiger partial charge in [-0.2, -0.15) is 0 Å². The largest absolute Gasteiger partial charge is 0.496 e. The summed E-state index contributed by atoms with van der Waals surface area (Å²) in [6.07, 6.45) is 8.75. The van der Waals surface area contributed by atoms with Gasteiger partial charge in [-0.15, -0.1) is 0 Å². The number of rotatable bonds is 0. The summed E-state index contributed by atoms with van der Waals surface area (Å²) >= 11 is 0. The van der Waals surface area contributed by atoms with Gasteiger partial charge in [0.1, 0.15) is 6.61 Å². The van der Waals surface area contributed by atoms with Gasteiger partial charge in [0.05, 0.1) is 6.26 Å². The fraction of sp³-hybridized carbons (Fsp3) is 0.250. The molecule has 0 aromatic carbocycles. The van der Waals surface area contributed by atoms with E-state index in [0.29, 0.717) is 6.61 Å². The number of allylic oxidation sites excluding steroid dienone is 1. The summed E-state index contributed by atoms with van der Waals surface area (Å²) in [6, 6.07) is 0. The van der Waals surface area contributed by atoms with Crippen LogP contribution < -0.4 is 5.32 Å². The summed E-state index contributed by atoms with van der Waals surface area (Å²) in [6.45, 7) is 1.53. The molecule has 0 aromatic heterocycles. The highest BCUT2D eigenvalue weighted by Crippen LogP contribution is 2.12. The molecular formula is C8H8NO. The molecular weight excluding hydrogens is 126 g/mol. The lowest BCUT2D eigenvalue weighted by Crippen LogP contribution is -2.20. The predicted octanol–water partition coefficient (Wildman–Crippen LogP) is 0.747. The fourth-order valence-electron chi connectivity index (χ4n) is 1.05. The van der Waals surface area contributed by atoms with Crippen LogP contribution in [0.1, 0.15) is 0 Å². The van der Waals surface area contributed by atoms with E-state index in [-0.39, 0.29) is 0 Å². The van der Waals surface area contributed by atoms with E-state index in [4.69, 9.17) is 4.74 Å². The fourth-order valence-corrected chi connectivity index (χ4v) is 1.05. The predicted molar refractivity (Wildman–Crippen MR) is 37.9 cm³/mol. The van der Waals surface area contributed by atoms with Crippen molar-refractivity contribution in [2.24, 2.45) is 0 Å². The van der Waals surface area contributed by atoms with Crippen molar-refractivity contribution in [2.75, 3.05) is 13.2 Å². The van der Waals surface area contributed by atoms with Crippen LogP contribution in [0.5, 0.6) is 0 Å². The van der Waals surface area contributed by atoms with Crippen LogP contribution in [-0.2, 0) is 4.74 Å². The smallest absolute Gasteiger partial charge is 0.115 e. The van der Waals surface area contributed by atoms with Crippen LogP contribution in [0.3, 0.4) is 0 Å². The van der Waals surface area contributed by atoms with Gasteiger partial charge in [-0.25, -0.2) is 0 Å². The summed E-state index contributed by atoms with van der Waals surface area (Å²) < 4.78 is 5.08. The molecule has 1 N–H and O–H groups in total. The average molecular weight is 134 g/mol. The van der Waals surface area contributed by atoms with Gasteiger partial charge in [0.2, 0.25) is 0 Å². The first-order valence-corrected chi connectivity index (χ1v) is 3.30. The number of hydrogen-bond donors (Lipinski definition) is 1. The third-order valence-corrected chi connectivity index (χ3v) is 1.55. The number of hydrogen-bond acceptors (Lipinski definition) is 2. The normalized spacial score (nSPS) is 21.6. The monoisotopic (exact) mass is 134 g/mol. The van der Waals surface area contributed by atoms with Crippen LogP contribution >= 0.6 is 0 Å². The van der Waals surface area contributed by atoms with E-state index in [1.807, 2.05) is 12.2 Å². The van der Waals surface area contributed by atoms with Gasteiger partial charge in [-0.1, -0.05) is 6.08 Å². The van der Waals surface area contributed by atoms with E-state index < -0.39 is 0 Å². The van der Waals surface area contributed by atoms with Gasteiger partial charge in [-0.05, 0) is 12.2 Å². The molecule has 2 heteroatoms. The van der Waals surface area contributed by atoms with Crippen molar-refractivity contribution in [1.82, 2.24) is 5.32 Å². The highest BCUT2D eigenvalue weighted by Gasteiger charge is 2.08. The van der Waals surface area contributed by atoms with Crippen molar-refractivity contribution in [2.45, 2.75) is 0 Å². The molecule has 0 fully saturated rings. The third kappa shape index (κ3) is 0.817. The lowest BCUT2D eigenvalue weighted by atomic mass is 10.1. The average Bonchev–Trinajstić information content (AvgIpc) is 2.05. The molecule has 0 bridgehead atoms. The van der Waals surface area contributed by atoms with E-state index in [1.165, 1.54) is 0 Å². The first-order valence-electron chi connectivity index (χ1n) is 3.30. The molecule has 2 rings (SSSR count). The topological polar surface area (TPSA) is 21.3 Å². The number of nitrogens with one attached hydrogen (secondary N) is 1. The molecule has 0 amide bonds. The molecule has 0 atom stereocenters. The van der Waals surface area contributed by atoms with Crippen molar-refractivity contribution >= 4 is 0 Å². The second-order valence-electron chi connectivity index (χ2n) is 2.24. The lowest BCUT2D eigenvalue weighted by molar-refractivity contribution is 0.274. The van der Waals surface area contributed by atoms with Gasteiger partial charge in [-0.3, -0.25) is 0 Å². The Kier molecular flexibility index (Phi) is 1.24. The molecule has 1 radical (unpaired) electrons. The van der Waals surface area contributed by atoms with Crippen LogP contribution in [0.2, 0.25) is 0 Å². The molecule has 2 aliphatic heterocycles. The molecule has 0 saturated carbocycles. The van der Waals surface area contributed by atoms with Crippen molar-refractivity contribution in [3.8, 4) is 0 Å². The molecule has 0 unspecified atom stereocenters. The Morgan fingerprint density at radius 2 is 2.60 bits per heavy atom. The molecule has 0 aromatic rings. The van der Waals surface area contributed by atoms with Gasteiger partial charge in [0.15, 0.2) is 0 Å². The van der Waals surface area contributed by atoms with Crippen molar-refractivity contribution in [3.63, 3.8) is 0 Å². The molecule has 10 heavy (non-hydrogen) atoms. The SMILES string of the molecule is [C]1=CCNC2=C1COC=C2. The zero-order chi connectivity index (χ0) is 6.81. The number of dihydropyridines is 1. The minimum Gasteiger partial charge on any atom is -0.496 e. The second kappa shape index (κ2) is 2.21. The maximum atomic E-state index is 5.08. The van der Waals surface area contributed by atoms with Crippen LogP contribution in [0.4, 0.5) is 0 Å². The third-order valence-electron chi connectivity index (χ3n) is 1.55. The van der Waals surface area contributed by atoms with Crippen molar-refractivity contribution in [3.05, 3.63) is 35.8 Å². The van der Waals surface area contributed by atoms with Gasteiger partial charge < -0.3 is 10.1 Å². The molecule has 0 spiro atoms. The van der Waals surface area contributed by atoms with Crippen molar-refractivity contribution in [1.29, 1.82) is 0 Å². The molecule has 0 aliphatic carbocycles. The molecule has 2 nitrogen and oxygen atoms in total. The minimum absolute atomic E-state index is 0.648. The Balaban J connectivity index is 2.32. The molecule has 2 aliphatic rings. The van der Waals surface area contributed by atoms with Gasteiger partial charge in [0.25, 0.3) is 0 Å².